The Balaban J connectivity index is 2.06. The molecule has 0 radical (unpaired) electrons. The fourth-order valence-corrected chi connectivity index (χ4v) is 3.82. The van der Waals surface area contributed by atoms with Gasteiger partial charge in [-0.15, -0.1) is 0 Å². The molecule has 1 aromatic rings. The van der Waals surface area contributed by atoms with Crippen molar-refractivity contribution < 1.29 is 9.31 Å². The van der Waals surface area contributed by atoms with E-state index in [9.17, 15) is 14.5 Å². The maximum absolute atomic E-state index is 13.8. The van der Waals surface area contributed by atoms with Crippen molar-refractivity contribution in [3.8, 4) is 0 Å². The number of hydrogen-bond acceptors (Lipinski definition) is 4. The lowest BCUT2D eigenvalue weighted by Gasteiger charge is -2.39. The molecule has 2 N–H and O–H groups in total. The van der Waals surface area contributed by atoms with Crippen LogP contribution in [0.1, 0.15) is 25.7 Å². The molecule has 2 saturated heterocycles. The molecule has 2 aliphatic rings. The van der Waals surface area contributed by atoms with E-state index in [-0.39, 0.29) is 28.3 Å². The highest BCUT2D eigenvalue weighted by atomic mass is 79.9. The third kappa shape index (κ3) is 2.18. The Morgan fingerprint density at radius 3 is 2.50 bits per heavy atom. The molecule has 2 aliphatic heterocycles. The summed E-state index contributed by atoms with van der Waals surface area (Å²) in [6, 6.07) is 3.03. The lowest BCUT2D eigenvalue weighted by atomic mass is 9.97. The third-order valence-electron chi connectivity index (χ3n) is 4.26. The molecular weight excluding hydrogens is 329 g/mol. The zero-order valence-electron chi connectivity index (χ0n) is 10.8. The molecule has 2 fully saturated rings. The zero-order valence-corrected chi connectivity index (χ0v) is 12.3. The summed E-state index contributed by atoms with van der Waals surface area (Å²) in [7, 11) is 0. The lowest BCUT2D eigenvalue weighted by Crippen LogP contribution is -2.47. The van der Waals surface area contributed by atoms with Crippen LogP contribution in [0.3, 0.4) is 0 Å². The van der Waals surface area contributed by atoms with E-state index in [0.717, 1.165) is 25.7 Å². The van der Waals surface area contributed by atoms with Crippen LogP contribution in [-0.2, 0) is 0 Å². The first-order valence-electron chi connectivity index (χ1n) is 6.64. The highest BCUT2D eigenvalue weighted by molar-refractivity contribution is 9.10. The summed E-state index contributed by atoms with van der Waals surface area (Å²) in [5, 5.41) is 11.2. The van der Waals surface area contributed by atoms with Crippen LogP contribution in [0.5, 0.6) is 0 Å². The molecule has 108 valence electrons. The number of halogens is 2. The molecule has 0 amide bonds. The molecule has 20 heavy (non-hydrogen) atoms. The van der Waals surface area contributed by atoms with Crippen molar-refractivity contribution in [1.82, 2.24) is 0 Å². The average Bonchev–Trinajstić information content (AvgIpc) is 2.64. The Hall–Kier alpha value is -1.21. The van der Waals surface area contributed by atoms with Crippen molar-refractivity contribution in [3.63, 3.8) is 0 Å². The molecule has 5 nitrogen and oxygen atoms in total. The average molecular weight is 344 g/mol. The van der Waals surface area contributed by atoms with E-state index in [4.69, 9.17) is 5.73 Å². The molecule has 0 aliphatic carbocycles. The summed E-state index contributed by atoms with van der Waals surface area (Å²) in [4.78, 5) is 12.8. The van der Waals surface area contributed by atoms with Crippen molar-refractivity contribution in [2.45, 2.75) is 43.8 Å². The second-order valence-corrected chi connectivity index (χ2v) is 6.39. The van der Waals surface area contributed by atoms with Gasteiger partial charge in [0.25, 0.3) is 5.69 Å². The predicted molar refractivity (Wildman–Crippen MR) is 77.3 cm³/mol. The Kier molecular flexibility index (Phi) is 3.41. The topological polar surface area (TPSA) is 72.4 Å². The molecule has 2 heterocycles. The highest BCUT2D eigenvalue weighted by Crippen LogP contribution is 2.43. The van der Waals surface area contributed by atoms with Crippen molar-refractivity contribution in [2.24, 2.45) is 5.73 Å². The summed E-state index contributed by atoms with van der Waals surface area (Å²) < 4.78 is 13.9. The van der Waals surface area contributed by atoms with Crippen molar-refractivity contribution in [2.75, 3.05) is 4.90 Å². The number of nitro benzene ring substituents is 1. The monoisotopic (exact) mass is 343 g/mol. The fraction of sp³-hybridized carbons (Fsp3) is 0.538. The number of anilines is 1. The van der Waals surface area contributed by atoms with Crippen LogP contribution in [0, 0.1) is 15.9 Å². The first kappa shape index (κ1) is 13.8. The second kappa shape index (κ2) is 4.96. The van der Waals surface area contributed by atoms with Crippen LogP contribution < -0.4 is 10.6 Å². The number of nitrogens with two attached hydrogens (primary N) is 1. The lowest BCUT2D eigenvalue weighted by molar-refractivity contribution is -0.384. The second-order valence-electron chi connectivity index (χ2n) is 5.54. The molecule has 0 spiro atoms. The quantitative estimate of drug-likeness (QED) is 0.661. The van der Waals surface area contributed by atoms with Crippen LogP contribution in [-0.4, -0.2) is 23.0 Å². The van der Waals surface area contributed by atoms with Crippen molar-refractivity contribution in [3.05, 3.63) is 32.5 Å². The van der Waals surface area contributed by atoms with Crippen molar-refractivity contribution >= 4 is 27.3 Å². The van der Waals surface area contributed by atoms with Gasteiger partial charge in [0.2, 0.25) is 0 Å². The third-order valence-corrected chi connectivity index (χ3v) is 4.87. The summed E-state index contributed by atoms with van der Waals surface area (Å²) in [6.45, 7) is 0. The first-order valence-corrected chi connectivity index (χ1v) is 7.44. The number of fused-ring (bicyclic) bond motifs is 2. The Labute approximate surface area is 124 Å². The van der Waals surface area contributed by atoms with Gasteiger partial charge in [0.05, 0.1) is 9.40 Å². The van der Waals surface area contributed by atoms with Gasteiger partial charge in [-0.3, -0.25) is 10.1 Å². The van der Waals surface area contributed by atoms with Gasteiger partial charge >= 0.3 is 0 Å². The Bertz CT molecular complexity index is 555. The smallest absolute Gasteiger partial charge is 0.293 e. The van der Waals surface area contributed by atoms with Gasteiger partial charge in [-0.05, 0) is 41.6 Å². The van der Waals surface area contributed by atoms with Gasteiger partial charge in [-0.1, -0.05) is 0 Å². The number of nitrogens with zero attached hydrogens (tertiary/aromatic N) is 2. The van der Waals surface area contributed by atoms with Crippen LogP contribution in [0.15, 0.2) is 16.6 Å². The molecule has 2 unspecified atom stereocenters. The van der Waals surface area contributed by atoms with Gasteiger partial charge in [0.1, 0.15) is 11.5 Å². The van der Waals surface area contributed by atoms with Crippen LogP contribution in [0.4, 0.5) is 15.8 Å². The molecule has 2 atom stereocenters. The minimum absolute atomic E-state index is 0.0503. The standard InChI is InChI=1S/C13H15BrFN3O2/c14-10-5-13(18(19)20)12(6-11(10)15)17-8-1-2-9(17)4-7(16)3-8/h5-9H,1-4,16H2. The van der Waals surface area contributed by atoms with E-state index in [1.54, 1.807) is 0 Å². The SMILES string of the molecule is NC1CC2CCC(C1)N2c1cc(F)c(Br)cc1[N+](=O)[O-]. The molecule has 1 aromatic carbocycles. The summed E-state index contributed by atoms with van der Waals surface area (Å²) in [6.07, 6.45) is 3.55. The molecular formula is C13H15BrFN3O2. The van der Waals surface area contributed by atoms with Crippen molar-refractivity contribution in [1.29, 1.82) is 0 Å². The molecule has 3 rings (SSSR count). The zero-order chi connectivity index (χ0) is 14.4. The normalized spacial score (nSPS) is 28.8. The fourth-order valence-electron chi connectivity index (χ4n) is 3.49. The van der Waals surface area contributed by atoms with Crippen LogP contribution in [0.2, 0.25) is 0 Å². The van der Waals surface area contributed by atoms with Gasteiger partial charge < -0.3 is 10.6 Å². The maximum Gasteiger partial charge on any atom is 0.293 e. The summed E-state index contributed by atoms with van der Waals surface area (Å²) in [5.41, 5.74) is 6.34. The van der Waals surface area contributed by atoms with Crippen LogP contribution in [0.25, 0.3) is 0 Å². The van der Waals surface area contributed by atoms with Gasteiger partial charge in [0.15, 0.2) is 0 Å². The summed E-state index contributed by atoms with van der Waals surface area (Å²) in [5.74, 6) is -0.472. The molecule has 7 heteroatoms. The Morgan fingerprint density at radius 2 is 1.95 bits per heavy atom. The highest BCUT2D eigenvalue weighted by Gasteiger charge is 2.42. The van der Waals surface area contributed by atoms with Gasteiger partial charge in [0, 0.05) is 30.3 Å². The minimum atomic E-state index is -0.472. The number of benzene rings is 1. The Morgan fingerprint density at radius 1 is 1.35 bits per heavy atom. The molecule has 0 aromatic heterocycles. The maximum atomic E-state index is 13.8. The first-order chi connectivity index (χ1) is 9.47. The largest absolute Gasteiger partial charge is 0.360 e. The van der Waals surface area contributed by atoms with E-state index >= 15 is 0 Å². The van der Waals surface area contributed by atoms with E-state index in [2.05, 4.69) is 15.9 Å². The van der Waals surface area contributed by atoms with E-state index in [1.807, 2.05) is 4.90 Å². The number of piperidine rings is 1. The van der Waals surface area contributed by atoms with Gasteiger partial charge in [-0.25, -0.2) is 4.39 Å². The number of rotatable bonds is 2. The molecule has 0 saturated carbocycles. The number of nitro groups is 1. The number of hydrogen-bond donors (Lipinski definition) is 1. The van der Waals surface area contributed by atoms with E-state index in [1.165, 1.54) is 12.1 Å². The van der Waals surface area contributed by atoms with E-state index in [0.29, 0.717) is 5.69 Å². The molecule has 2 bridgehead atoms. The van der Waals surface area contributed by atoms with E-state index < -0.39 is 10.7 Å². The van der Waals surface area contributed by atoms with Crippen LogP contribution >= 0.6 is 15.9 Å². The summed E-state index contributed by atoms with van der Waals surface area (Å²) >= 11 is 3.01. The van der Waals surface area contributed by atoms with Gasteiger partial charge in [-0.2, -0.15) is 0 Å². The minimum Gasteiger partial charge on any atom is -0.360 e. The predicted octanol–water partition coefficient (Wildman–Crippen LogP) is 2.95.